The highest BCUT2D eigenvalue weighted by molar-refractivity contribution is 6.31. The highest BCUT2D eigenvalue weighted by Gasteiger charge is 2.35. The molecule has 3 aromatic rings. The van der Waals surface area contributed by atoms with Crippen molar-refractivity contribution in [2.45, 2.75) is 12.6 Å². The first-order valence-corrected chi connectivity index (χ1v) is 12.0. The van der Waals surface area contributed by atoms with Crippen LogP contribution in [-0.2, 0) is 6.54 Å². The first kappa shape index (κ1) is 23.6. The number of hydrogen-bond donors (Lipinski definition) is 0. The Hall–Kier alpha value is -3.14. The number of rotatable bonds is 7. The van der Waals surface area contributed by atoms with Crippen molar-refractivity contribution in [3.05, 3.63) is 58.9 Å². The van der Waals surface area contributed by atoms with Crippen LogP contribution in [0.2, 0.25) is 5.02 Å². The molecule has 1 amide bonds. The quantitative estimate of drug-likeness (QED) is 0.492. The second-order valence-electron chi connectivity index (χ2n) is 8.92. The van der Waals surface area contributed by atoms with Gasteiger partial charge in [0, 0.05) is 43.3 Å². The van der Waals surface area contributed by atoms with Gasteiger partial charge in [-0.25, -0.2) is 0 Å². The van der Waals surface area contributed by atoms with E-state index >= 15 is 0 Å². The zero-order valence-electron chi connectivity index (χ0n) is 19.8. The van der Waals surface area contributed by atoms with Gasteiger partial charge in [0.2, 0.25) is 5.89 Å². The van der Waals surface area contributed by atoms with E-state index in [1.54, 1.807) is 36.3 Å². The van der Waals surface area contributed by atoms with Gasteiger partial charge in [0.05, 0.1) is 20.2 Å². The van der Waals surface area contributed by atoms with Gasteiger partial charge in [-0.05, 0) is 49.0 Å². The lowest BCUT2D eigenvalue weighted by Crippen LogP contribution is -2.56. The molecule has 0 unspecified atom stereocenters. The molecule has 3 heterocycles. The molecule has 0 aliphatic carbocycles. The van der Waals surface area contributed by atoms with E-state index in [1.165, 1.54) is 0 Å². The van der Waals surface area contributed by atoms with Gasteiger partial charge in [-0.1, -0.05) is 17.7 Å². The molecule has 184 valence electrons. The Morgan fingerprint density at radius 1 is 1.06 bits per heavy atom. The third-order valence-electron chi connectivity index (χ3n) is 6.40. The number of methoxy groups -OCH3 is 1. The topological polar surface area (TPSA) is 84.2 Å². The normalized spacial score (nSPS) is 17.3. The lowest BCUT2D eigenvalue weighted by molar-refractivity contribution is 0.0150. The Morgan fingerprint density at radius 2 is 1.77 bits per heavy atom. The lowest BCUT2D eigenvalue weighted by Gasteiger charge is -2.38. The maximum Gasteiger partial charge on any atom is 0.311 e. The van der Waals surface area contributed by atoms with Crippen LogP contribution in [0.5, 0.6) is 11.5 Å². The summed E-state index contributed by atoms with van der Waals surface area (Å²) in [5.74, 6) is 1.37. The molecule has 9 nitrogen and oxygen atoms in total. The number of nitrogens with zero attached hydrogens (tertiary/aromatic N) is 5. The minimum atomic E-state index is -0.308. The van der Waals surface area contributed by atoms with E-state index in [4.69, 9.17) is 25.5 Å². The van der Waals surface area contributed by atoms with Crippen LogP contribution in [0.15, 0.2) is 46.9 Å². The second-order valence-corrected chi connectivity index (χ2v) is 9.33. The van der Waals surface area contributed by atoms with E-state index in [1.807, 2.05) is 18.2 Å². The van der Waals surface area contributed by atoms with Crippen molar-refractivity contribution in [3.63, 3.8) is 0 Å². The molecule has 0 radical (unpaired) electrons. The van der Waals surface area contributed by atoms with Gasteiger partial charge in [-0.15, -0.1) is 10.2 Å². The van der Waals surface area contributed by atoms with E-state index in [9.17, 15) is 4.79 Å². The van der Waals surface area contributed by atoms with E-state index in [0.29, 0.717) is 23.9 Å². The molecule has 35 heavy (non-hydrogen) atoms. The minimum absolute atomic E-state index is 0.0365. The maximum absolute atomic E-state index is 12.7. The Labute approximate surface area is 209 Å². The molecule has 2 aliphatic rings. The first-order chi connectivity index (χ1) is 17.0. The van der Waals surface area contributed by atoms with Crippen molar-refractivity contribution < 1.29 is 18.7 Å². The van der Waals surface area contributed by atoms with Gasteiger partial charge >= 0.3 is 11.8 Å². The lowest BCUT2D eigenvalue weighted by atomic mass is 10.1. The van der Waals surface area contributed by atoms with Crippen LogP contribution in [0.1, 0.15) is 16.2 Å². The fraction of sp³-hybridized carbons (Fsp3) is 0.400. The smallest absolute Gasteiger partial charge is 0.311 e. The van der Waals surface area contributed by atoms with Crippen LogP contribution in [0.4, 0.5) is 0 Å². The van der Waals surface area contributed by atoms with E-state index in [0.717, 1.165) is 49.6 Å². The number of amides is 1. The van der Waals surface area contributed by atoms with Crippen molar-refractivity contribution >= 4 is 17.5 Å². The number of hydrogen-bond acceptors (Lipinski definition) is 8. The molecule has 0 bridgehead atoms. The van der Waals surface area contributed by atoms with Crippen LogP contribution < -0.4 is 9.47 Å². The molecule has 0 saturated carbocycles. The molecule has 2 fully saturated rings. The summed E-state index contributed by atoms with van der Waals surface area (Å²) < 4.78 is 16.8. The summed E-state index contributed by atoms with van der Waals surface area (Å²) >= 11 is 6.53. The molecule has 2 saturated heterocycles. The third kappa shape index (κ3) is 5.42. The molecule has 2 aliphatic heterocycles. The van der Waals surface area contributed by atoms with E-state index in [-0.39, 0.29) is 23.8 Å². The Balaban J connectivity index is 1.12. The van der Waals surface area contributed by atoms with Crippen molar-refractivity contribution in [2.24, 2.45) is 0 Å². The zero-order valence-corrected chi connectivity index (χ0v) is 20.6. The summed E-state index contributed by atoms with van der Waals surface area (Å²) in [7, 11) is 3.75. The van der Waals surface area contributed by atoms with Crippen LogP contribution in [0.3, 0.4) is 0 Å². The summed E-state index contributed by atoms with van der Waals surface area (Å²) in [4.78, 5) is 19.1. The van der Waals surface area contributed by atoms with Gasteiger partial charge < -0.3 is 23.7 Å². The van der Waals surface area contributed by atoms with Crippen molar-refractivity contribution in [1.29, 1.82) is 0 Å². The van der Waals surface area contributed by atoms with Crippen LogP contribution in [0.25, 0.3) is 11.5 Å². The average Bonchev–Trinajstić information content (AvgIpc) is 3.34. The Bertz CT molecular complexity index is 1170. The van der Waals surface area contributed by atoms with Gasteiger partial charge in [-0.3, -0.25) is 9.69 Å². The fourth-order valence-electron chi connectivity index (χ4n) is 4.14. The number of aromatic nitrogens is 2. The number of likely N-dealkylation sites (N-methyl/N-ethyl adjacent to an activating group) is 1. The van der Waals surface area contributed by atoms with Crippen molar-refractivity contribution in [1.82, 2.24) is 24.9 Å². The second kappa shape index (κ2) is 10.2. The molecule has 0 N–H and O–H groups in total. The summed E-state index contributed by atoms with van der Waals surface area (Å²) in [5.41, 5.74) is 1.81. The fourth-order valence-corrected chi connectivity index (χ4v) is 4.37. The number of benzene rings is 2. The summed E-state index contributed by atoms with van der Waals surface area (Å²) in [6, 6.07) is 13.0. The molecule has 2 aromatic carbocycles. The molecule has 0 atom stereocenters. The summed E-state index contributed by atoms with van der Waals surface area (Å²) in [6.07, 6.45) is -0.109. The van der Waals surface area contributed by atoms with Gasteiger partial charge in [-0.2, -0.15) is 0 Å². The molecule has 1 aromatic heterocycles. The average molecular weight is 498 g/mol. The monoisotopic (exact) mass is 497 g/mol. The summed E-state index contributed by atoms with van der Waals surface area (Å²) in [6.45, 7) is 5.95. The standard InChI is InChI=1S/C25H28ClN5O4/c1-29-9-11-30(12-10-29)14-18-5-8-20(13-22(18)26)34-21-15-31(16-21)25(32)24-28-27-23(35-24)17-3-6-19(33-2)7-4-17/h3-8,13,21H,9-12,14-16H2,1-2H3. The molecule has 5 rings (SSSR count). The molecule has 0 spiro atoms. The number of likely N-dealkylation sites (tertiary alicyclic amines) is 1. The Kier molecular flexibility index (Phi) is 6.90. The van der Waals surface area contributed by atoms with Crippen LogP contribution in [0, 0.1) is 0 Å². The number of piperazine rings is 1. The highest BCUT2D eigenvalue weighted by atomic mass is 35.5. The van der Waals surface area contributed by atoms with Gasteiger partial charge in [0.1, 0.15) is 17.6 Å². The maximum atomic E-state index is 12.7. The largest absolute Gasteiger partial charge is 0.497 e. The number of halogens is 1. The zero-order chi connectivity index (χ0) is 24.4. The third-order valence-corrected chi connectivity index (χ3v) is 6.75. The first-order valence-electron chi connectivity index (χ1n) is 11.6. The van der Waals surface area contributed by atoms with E-state index < -0.39 is 0 Å². The predicted molar refractivity (Wildman–Crippen MR) is 131 cm³/mol. The minimum Gasteiger partial charge on any atom is -0.497 e. The molecule has 10 heteroatoms. The van der Waals surface area contributed by atoms with Crippen molar-refractivity contribution in [2.75, 3.05) is 53.4 Å². The van der Waals surface area contributed by atoms with Crippen molar-refractivity contribution in [3.8, 4) is 23.0 Å². The predicted octanol–water partition coefficient (Wildman–Crippen LogP) is 3.05. The Morgan fingerprint density at radius 3 is 2.46 bits per heavy atom. The number of ether oxygens (including phenoxy) is 2. The van der Waals surface area contributed by atoms with Gasteiger partial charge in [0.15, 0.2) is 0 Å². The molecular weight excluding hydrogens is 470 g/mol. The van der Waals surface area contributed by atoms with Gasteiger partial charge in [0.25, 0.3) is 0 Å². The SMILES string of the molecule is COc1ccc(-c2nnc(C(=O)N3CC(Oc4ccc(CN5CCN(C)CC5)c(Cl)c4)C3)o2)cc1. The number of carbonyl (C=O) groups is 1. The number of carbonyl (C=O) groups excluding carboxylic acids is 1. The van der Waals surface area contributed by atoms with E-state index in [2.05, 4.69) is 27.0 Å². The highest BCUT2D eigenvalue weighted by Crippen LogP contribution is 2.27. The van der Waals surface area contributed by atoms with Crippen LogP contribution >= 0.6 is 11.6 Å². The summed E-state index contributed by atoms with van der Waals surface area (Å²) in [5, 5.41) is 8.61. The molecular formula is C25H28ClN5O4. The van der Waals surface area contributed by atoms with Crippen LogP contribution in [-0.4, -0.2) is 90.3 Å².